The maximum Gasteiger partial charge on any atom is 0.241 e. The number of halogens is 1. The van der Waals surface area contributed by atoms with Crippen LogP contribution in [0.2, 0.25) is 0 Å². The van der Waals surface area contributed by atoms with Crippen LogP contribution < -0.4 is 9.62 Å². The molecule has 0 bridgehead atoms. The summed E-state index contributed by atoms with van der Waals surface area (Å²) in [5.41, 5.74) is 3.77. The predicted molar refractivity (Wildman–Crippen MR) is 109 cm³/mol. The van der Waals surface area contributed by atoms with Gasteiger partial charge in [0.25, 0.3) is 0 Å². The van der Waals surface area contributed by atoms with Gasteiger partial charge in [0, 0.05) is 4.47 Å². The standard InChI is InChI=1S/C19H23BrN2O3S/c1-13-5-6-16(11-14(13)2)15(3)21-19(23)12-22(26(4,24)25)18-9-7-17(20)8-10-18/h5-11,15H,12H2,1-4H3,(H,21,23)/t15-/m1/s1. The molecule has 0 unspecified atom stereocenters. The molecule has 2 aromatic rings. The number of carbonyl (C=O) groups excluding carboxylic acids is 1. The van der Waals surface area contributed by atoms with E-state index < -0.39 is 10.0 Å². The number of nitrogens with zero attached hydrogens (tertiary/aromatic N) is 1. The van der Waals surface area contributed by atoms with E-state index in [1.54, 1.807) is 24.3 Å². The van der Waals surface area contributed by atoms with Gasteiger partial charge in [0.1, 0.15) is 6.54 Å². The van der Waals surface area contributed by atoms with Crippen molar-refractivity contribution in [2.24, 2.45) is 0 Å². The summed E-state index contributed by atoms with van der Waals surface area (Å²) in [6.45, 7) is 5.67. The second-order valence-corrected chi connectivity index (χ2v) is 9.20. The highest BCUT2D eigenvalue weighted by atomic mass is 79.9. The van der Waals surface area contributed by atoms with Crippen molar-refractivity contribution in [2.45, 2.75) is 26.8 Å². The first-order chi connectivity index (χ1) is 12.1. The van der Waals surface area contributed by atoms with E-state index in [0.717, 1.165) is 26.2 Å². The normalized spacial score (nSPS) is 12.5. The number of benzene rings is 2. The molecule has 140 valence electrons. The lowest BCUT2D eigenvalue weighted by Gasteiger charge is -2.23. The molecule has 5 nitrogen and oxygen atoms in total. The van der Waals surface area contributed by atoms with Crippen LogP contribution in [0.5, 0.6) is 0 Å². The average Bonchev–Trinajstić information content (AvgIpc) is 2.55. The Morgan fingerprint density at radius 1 is 1.12 bits per heavy atom. The van der Waals surface area contributed by atoms with Crippen LogP contribution in [0.25, 0.3) is 0 Å². The van der Waals surface area contributed by atoms with Crippen molar-refractivity contribution in [1.29, 1.82) is 0 Å². The number of aryl methyl sites for hydroxylation is 2. The number of sulfonamides is 1. The molecule has 0 aromatic heterocycles. The first-order valence-corrected chi connectivity index (χ1v) is 10.8. The van der Waals surface area contributed by atoms with Gasteiger partial charge < -0.3 is 5.32 Å². The predicted octanol–water partition coefficient (Wildman–Crippen LogP) is 3.71. The van der Waals surface area contributed by atoms with Gasteiger partial charge in [-0.05, 0) is 61.7 Å². The van der Waals surface area contributed by atoms with Gasteiger partial charge in [0.05, 0.1) is 18.0 Å². The second-order valence-electron chi connectivity index (χ2n) is 6.38. The van der Waals surface area contributed by atoms with E-state index >= 15 is 0 Å². The smallest absolute Gasteiger partial charge is 0.241 e. The SMILES string of the molecule is Cc1ccc([C@@H](C)NC(=O)CN(c2ccc(Br)cc2)S(C)(=O)=O)cc1C. The van der Waals surface area contributed by atoms with Crippen molar-refractivity contribution in [1.82, 2.24) is 5.32 Å². The monoisotopic (exact) mass is 438 g/mol. The summed E-state index contributed by atoms with van der Waals surface area (Å²) in [6, 6.07) is 12.6. The van der Waals surface area contributed by atoms with Crippen LogP contribution >= 0.6 is 15.9 Å². The van der Waals surface area contributed by atoms with Crippen molar-refractivity contribution in [2.75, 3.05) is 17.1 Å². The zero-order valence-corrected chi connectivity index (χ0v) is 17.7. The van der Waals surface area contributed by atoms with E-state index in [1.165, 1.54) is 5.56 Å². The van der Waals surface area contributed by atoms with Crippen molar-refractivity contribution in [3.05, 3.63) is 63.6 Å². The molecule has 0 saturated carbocycles. The molecular weight excluding hydrogens is 416 g/mol. The largest absolute Gasteiger partial charge is 0.348 e. The molecule has 1 atom stereocenters. The highest BCUT2D eigenvalue weighted by Gasteiger charge is 2.22. The van der Waals surface area contributed by atoms with Crippen molar-refractivity contribution in [3.63, 3.8) is 0 Å². The number of anilines is 1. The fraction of sp³-hybridized carbons (Fsp3) is 0.316. The summed E-state index contributed by atoms with van der Waals surface area (Å²) in [7, 11) is -3.58. The molecule has 1 N–H and O–H groups in total. The Balaban J connectivity index is 2.14. The molecule has 0 radical (unpaired) electrons. The minimum absolute atomic E-state index is 0.215. The fourth-order valence-electron chi connectivity index (χ4n) is 2.54. The van der Waals surface area contributed by atoms with E-state index in [9.17, 15) is 13.2 Å². The highest BCUT2D eigenvalue weighted by Crippen LogP contribution is 2.21. The van der Waals surface area contributed by atoms with Gasteiger partial charge >= 0.3 is 0 Å². The summed E-state index contributed by atoms with van der Waals surface area (Å²) in [5, 5.41) is 2.87. The third-order valence-electron chi connectivity index (χ3n) is 4.21. The molecule has 7 heteroatoms. The Bertz CT molecular complexity index is 896. The Labute approximate surface area is 163 Å². The molecule has 0 fully saturated rings. The molecule has 0 aliphatic rings. The summed E-state index contributed by atoms with van der Waals surface area (Å²) in [5.74, 6) is -0.357. The topological polar surface area (TPSA) is 66.5 Å². The lowest BCUT2D eigenvalue weighted by atomic mass is 10.0. The Kier molecular flexibility index (Phi) is 6.47. The Hall–Kier alpha value is -1.86. The van der Waals surface area contributed by atoms with Crippen molar-refractivity contribution >= 4 is 37.5 Å². The maximum atomic E-state index is 12.4. The lowest BCUT2D eigenvalue weighted by Crippen LogP contribution is -2.41. The fourth-order valence-corrected chi connectivity index (χ4v) is 3.66. The molecule has 0 heterocycles. The molecule has 1 amide bonds. The number of amides is 1. The first-order valence-electron chi connectivity index (χ1n) is 8.17. The number of hydrogen-bond acceptors (Lipinski definition) is 3. The number of rotatable bonds is 6. The van der Waals surface area contributed by atoms with Gasteiger partial charge in [-0.25, -0.2) is 8.42 Å². The number of nitrogens with one attached hydrogen (secondary N) is 1. The van der Waals surface area contributed by atoms with Gasteiger partial charge in [0.15, 0.2) is 0 Å². The van der Waals surface area contributed by atoms with Crippen LogP contribution in [-0.4, -0.2) is 27.1 Å². The molecule has 26 heavy (non-hydrogen) atoms. The average molecular weight is 439 g/mol. The zero-order chi connectivity index (χ0) is 19.5. The number of carbonyl (C=O) groups is 1. The molecular formula is C19H23BrN2O3S. The summed E-state index contributed by atoms with van der Waals surface area (Å²) in [4.78, 5) is 12.4. The summed E-state index contributed by atoms with van der Waals surface area (Å²) < 4.78 is 26.2. The minimum atomic E-state index is -3.58. The first kappa shape index (κ1) is 20.5. The van der Waals surface area contributed by atoms with Gasteiger partial charge in [-0.2, -0.15) is 0 Å². The van der Waals surface area contributed by atoms with Crippen LogP contribution in [0, 0.1) is 13.8 Å². The molecule has 2 aromatic carbocycles. The molecule has 0 aliphatic carbocycles. The van der Waals surface area contributed by atoms with Gasteiger partial charge in [0.2, 0.25) is 15.9 Å². The Morgan fingerprint density at radius 2 is 1.73 bits per heavy atom. The quantitative estimate of drug-likeness (QED) is 0.747. The van der Waals surface area contributed by atoms with E-state index in [4.69, 9.17) is 0 Å². The van der Waals surface area contributed by atoms with E-state index in [-0.39, 0.29) is 18.5 Å². The van der Waals surface area contributed by atoms with E-state index in [0.29, 0.717) is 5.69 Å². The van der Waals surface area contributed by atoms with Crippen LogP contribution in [0.15, 0.2) is 46.9 Å². The van der Waals surface area contributed by atoms with Crippen LogP contribution in [0.1, 0.15) is 29.7 Å². The zero-order valence-electron chi connectivity index (χ0n) is 15.3. The van der Waals surface area contributed by atoms with Crippen LogP contribution in [0.4, 0.5) is 5.69 Å². The molecule has 2 rings (SSSR count). The lowest BCUT2D eigenvalue weighted by molar-refractivity contribution is -0.120. The van der Waals surface area contributed by atoms with E-state index in [1.807, 2.05) is 39.0 Å². The minimum Gasteiger partial charge on any atom is -0.348 e. The van der Waals surface area contributed by atoms with Gasteiger partial charge in [-0.1, -0.05) is 34.1 Å². The second kappa shape index (κ2) is 8.22. The van der Waals surface area contributed by atoms with Gasteiger partial charge in [-0.3, -0.25) is 9.10 Å². The van der Waals surface area contributed by atoms with Gasteiger partial charge in [-0.15, -0.1) is 0 Å². The summed E-state index contributed by atoms with van der Waals surface area (Å²) in [6.07, 6.45) is 1.09. The maximum absolute atomic E-state index is 12.4. The van der Waals surface area contributed by atoms with Crippen LogP contribution in [-0.2, 0) is 14.8 Å². The highest BCUT2D eigenvalue weighted by molar-refractivity contribution is 9.10. The third kappa shape index (κ3) is 5.32. The third-order valence-corrected chi connectivity index (χ3v) is 5.88. The molecule has 0 spiro atoms. The molecule has 0 saturated heterocycles. The van der Waals surface area contributed by atoms with Crippen molar-refractivity contribution in [3.8, 4) is 0 Å². The van der Waals surface area contributed by atoms with Crippen molar-refractivity contribution < 1.29 is 13.2 Å². The number of hydrogen-bond donors (Lipinski definition) is 1. The van der Waals surface area contributed by atoms with E-state index in [2.05, 4.69) is 21.2 Å². The summed E-state index contributed by atoms with van der Waals surface area (Å²) >= 11 is 3.32. The Morgan fingerprint density at radius 3 is 2.27 bits per heavy atom. The molecule has 0 aliphatic heterocycles. The van der Waals surface area contributed by atoms with Crippen LogP contribution in [0.3, 0.4) is 0 Å².